The van der Waals surface area contributed by atoms with E-state index in [0.717, 1.165) is 0 Å². The van der Waals surface area contributed by atoms with Gasteiger partial charge in [0.15, 0.2) is 0 Å². The summed E-state index contributed by atoms with van der Waals surface area (Å²) < 4.78 is 0. The maximum Gasteiger partial charge on any atom is 0.330 e. The molecule has 1 aliphatic rings. The average Bonchev–Trinajstić information content (AvgIpc) is 1.77. The number of carbonyl (C=O) groups is 2. The molecule has 4 heteroatoms. The van der Waals surface area contributed by atoms with E-state index in [1.807, 2.05) is 0 Å². The third-order valence-electron chi connectivity index (χ3n) is 0.847. The van der Waals surface area contributed by atoms with Gasteiger partial charge in [0.25, 0.3) is 0 Å². The molecule has 0 aliphatic carbocycles. The maximum atomic E-state index is 10.2. The molecule has 1 radical (unpaired) electrons. The first-order chi connectivity index (χ1) is 3.80. The predicted molar refractivity (Wildman–Crippen MR) is 25.0 cm³/mol. The van der Waals surface area contributed by atoms with E-state index < -0.39 is 11.8 Å². The number of piperazine rings is 1. The summed E-state index contributed by atoms with van der Waals surface area (Å²) >= 11 is 0. The lowest BCUT2D eigenvalue weighted by molar-refractivity contribution is -0.140. The van der Waals surface area contributed by atoms with Crippen molar-refractivity contribution in [3.63, 3.8) is 0 Å². The van der Waals surface area contributed by atoms with Gasteiger partial charge in [-0.1, -0.05) is 0 Å². The van der Waals surface area contributed by atoms with Crippen LogP contribution in [0.1, 0.15) is 0 Å². The Morgan fingerprint density at radius 1 is 1.50 bits per heavy atom. The second-order valence-electron chi connectivity index (χ2n) is 1.44. The largest absolute Gasteiger partial charge is 0.346 e. The standard InChI is InChI=1S/C4H5N2O2/c7-3-4(8)6-2-1-5-3/h1-2H2,(H,5,7). The molecule has 1 rings (SSSR count). The fraction of sp³-hybridized carbons (Fsp3) is 0.500. The van der Waals surface area contributed by atoms with Crippen LogP contribution in [0.4, 0.5) is 0 Å². The highest BCUT2D eigenvalue weighted by Crippen LogP contribution is 1.76. The van der Waals surface area contributed by atoms with Gasteiger partial charge in [-0.05, 0) is 0 Å². The van der Waals surface area contributed by atoms with E-state index in [4.69, 9.17) is 0 Å². The third kappa shape index (κ3) is 0.776. The molecule has 0 spiro atoms. The molecule has 1 fully saturated rings. The zero-order chi connectivity index (χ0) is 5.98. The Morgan fingerprint density at radius 3 is 2.62 bits per heavy atom. The first-order valence-electron chi connectivity index (χ1n) is 2.30. The van der Waals surface area contributed by atoms with Crippen LogP contribution in [-0.2, 0) is 9.59 Å². The van der Waals surface area contributed by atoms with E-state index in [9.17, 15) is 9.59 Å². The molecule has 4 nitrogen and oxygen atoms in total. The zero-order valence-corrected chi connectivity index (χ0v) is 4.18. The van der Waals surface area contributed by atoms with Gasteiger partial charge >= 0.3 is 11.8 Å². The number of carbonyl (C=O) groups excluding carboxylic acids is 2. The van der Waals surface area contributed by atoms with Crippen LogP contribution in [0.2, 0.25) is 0 Å². The van der Waals surface area contributed by atoms with Crippen molar-refractivity contribution in [2.24, 2.45) is 0 Å². The lowest BCUT2D eigenvalue weighted by Crippen LogP contribution is -2.45. The number of nitrogens with one attached hydrogen (secondary N) is 1. The molecule has 1 heterocycles. The SMILES string of the molecule is O=C1[N]CCNC1=O. The van der Waals surface area contributed by atoms with Crippen molar-refractivity contribution in [2.75, 3.05) is 13.1 Å². The Morgan fingerprint density at radius 2 is 2.25 bits per heavy atom. The van der Waals surface area contributed by atoms with Crippen molar-refractivity contribution in [3.8, 4) is 0 Å². The Kier molecular flexibility index (Phi) is 1.15. The van der Waals surface area contributed by atoms with Crippen molar-refractivity contribution < 1.29 is 9.59 Å². The van der Waals surface area contributed by atoms with Crippen LogP contribution >= 0.6 is 0 Å². The van der Waals surface area contributed by atoms with Crippen LogP contribution in [-0.4, -0.2) is 24.9 Å². The number of hydrogen-bond acceptors (Lipinski definition) is 2. The minimum atomic E-state index is -0.656. The molecule has 0 aromatic heterocycles. The van der Waals surface area contributed by atoms with Crippen molar-refractivity contribution in [2.45, 2.75) is 0 Å². The smallest absolute Gasteiger partial charge is 0.330 e. The summed E-state index contributed by atoms with van der Waals surface area (Å²) in [6.07, 6.45) is 0. The Balaban J connectivity index is 2.52. The van der Waals surface area contributed by atoms with E-state index >= 15 is 0 Å². The highest BCUT2D eigenvalue weighted by molar-refractivity contribution is 6.35. The minimum Gasteiger partial charge on any atom is -0.346 e. The van der Waals surface area contributed by atoms with Crippen molar-refractivity contribution in [3.05, 3.63) is 0 Å². The third-order valence-corrected chi connectivity index (χ3v) is 0.847. The summed E-state index contributed by atoms with van der Waals surface area (Å²) in [4.78, 5) is 20.5. The Labute approximate surface area is 46.3 Å². The molecule has 0 aromatic carbocycles. The van der Waals surface area contributed by atoms with Gasteiger partial charge in [0, 0.05) is 6.54 Å². The molecule has 0 saturated carbocycles. The van der Waals surface area contributed by atoms with Gasteiger partial charge in [0.2, 0.25) is 0 Å². The van der Waals surface area contributed by atoms with E-state index in [-0.39, 0.29) is 0 Å². The second-order valence-corrected chi connectivity index (χ2v) is 1.44. The van der Waals surface area contributed by atoms with E-state index in [2.05, 4.69) is 10.6 Å². The summed E-state index contributed by atoms with van der Waals surface area (Å²) in [5.74, 6) is -1.24. The molecule has 0 bridgehead atoms. The van der Waals surface area contributed by atoms with Crippen LogP contribution in [0.25, 0.3) is 0 Å². The summed E-state index contributed by atoms with van der Waals surface area (Å²) in [6.45, 7) is 0.912. The lowest BCUT2D eigenvalue weighted by atomic mass is 10.4. The monoisotopic (exact) mass is 113 g/mol. The first-order valence-corrected chi connectivity index (χ1v) is 2.30. The number of hydrogen-bond donors (Lipinski definition) is 1. The molecule has 1 aliphatic heterocycles. The first kappa shape index (κ1) is 5.08. The predicted octanol–water partition coefficient (Wildman–Crippen LogP) is -1.75. The number of rotatable bonds is 0. The molecule has 0 aromatic rings. The van der Waals surface area contributed by atoms with Crippen LogP contribution < -0.4 is 10.6 Å². The Bertz CT molecular complexity index is 116. The number of nitrogens with zero attached hydrogens (tertiary/aromatic N) is 1. The minimum absolute atomic E-state index is 0.421. The number of amides is 2. The molecule has 43 valence electrons. The molecule has 1 N–H and O–H groups in total. The van der Waals surface area contributed by atoms with Gasteiger partial charge in [-0.15, -0.1) is 0 Å². The Hall–Kier alpha value is -1.06. The normalized spacial score (nSPS) is 19.5. The van der Waals surface area contributed by atoms with Crippen LogP contribution in [0.5, 0.6) is 0 Å². The second kappa shape index (κ2) is 1.81. The van der Waals surface area contributed by atoms with Gasteiger partial charge < -0.3 is 5.32 Å². The van der Waals surface area contributed by atoms with E-state index in [1.54, 1.807) is 0 Å². The van der Waals surface area contributed by atoms with Crippen LogP contribution in [0, 0.1) is 0 Å². The fourth-order valence-electron chi connectivity index (χ4n) is 0.474. The van der Waals surface area contributed by atoms with Gasteiger partial charge in [-0.2, -0.15) is 0 Å². The van der Waals surface area contributed by atoms with Crippen molar-refractivity contribution >= 4 is 11.8 Å². The van der Waals surface area contributed by atoms with E-state index in [1.165, 1.54) is 0 Å². The van der Waals surface area contributed by atoms with Crippen LogP contribution in [0.15, 0.2) is 0 Å². The highest BCUT2D eigenvalue weighted by atomic mass is 16.2. The topological polar surface area (TPSA) is 60.3 Å². The van der Waals surface area contributed by atoms with Crippen LogP contribution in [0.3, 0.4) is 0 Å². The van der Waals surface area contributed by atoms with Gasteiger partial charge in [-0.3, -0.25) is 9.59 Å². The molecule has 0 unspecified atom stereocenters. The van der Waals surface area contributed by atoms with Gasteiger partial charge in [0.1, 0.15) is 0 Å². The summed E-state index contributed by atoms with van der Waals surface area (Å²) in [5, 5.41) is 5.71. The highest BCUT2D eigenvalue weighted by Gasteiger charge is 2.17. The van der Waals surface area contributed by atoms with Gasteiger partial charge in [0.05, 0.1) is 6.54 Å². The van der Waals surface area contributed by atoms with Crippen molar-refractivity contribution in [1.29, 1.82) is 0 Å². The molecule has 1 saturated heterocycles. The molecular formula is C4H5N2O2. The quantitative estimate of drug-likeness (QED) is 0.378. The van der Waals surface area contributed by atoms with Gasteiger partial charge in [-0.25, -0.2) is 5.32 Å². The molecule has 2 amide bonds. The maximum absolute atomic E-state index is 10.2. The lowest BCUT2D eigenvalue weighted by Gasteiger charge is -2.08. The molecule has 8 heavy (non-hydrogen) atoms. The summed E-state index contributed by atoms with van der Waals surface area (Å²) in [5.41, 5.74) is 0. The van der Waals surface area contributed by atoms with E-state index in [0.29, 0.717) is 13.1 Å². The summed E-state index contributed by atoms with van der Waals surface area (Å²) in [7, 11) is 0. The molecule has 0 atom stereocenters. The fourth-order valence-corrected chi connectivity index (χ4v) is 0.474. The average molecular weight is 113 g/mol. The summed E-state index contributed by atoms with van der Waals surface area (Å²) in [6, 6.07) is 0. The van der Waals surface area contributed by atoms with Crippen molar-refractivity contribution in [1.82, 2.24) is 10.6 Å². The molecular weight excluding hydrogens is 108 g/mol. The zero-order valence-electron chi connectivity index (χ0n) is 4.18.